The fraction of sp³-hybridized carbons (Fsp3) is 0.900. The third kappa shape index (κ3) is 4.03. The van der Waals surface area contributed by atoms with E-state index in [0.29, 0.717) is 24.8 Å². The average molecular weight is 242 g/mol. The minimum absolute atomic E-state index is 0.0147. The topological polar surface area (TPSA) is 90.9 Å². The zero-order valence-corrected chi connectivity index (χ0v) is 10.9. The van der Waals surface area contributed by atoms with Gasteiger partial charge in [0.15, 0.2) is 5.82 Å². The fourth-order valence-corrected chi connectivity index (χ4v) is 1.84. The van der Waals surface area contributed by atoms with E-state index in [0.717, 1.165) is 0 Å². The van der Waals surface area contributed by atoms with Crippen LogP contribution in [0.3, 0.4) is 0 Å². The van der Waals surface area contributed by atoms with E-state index >= 15 is 0 Å². The third-order valence-electron chi connectivity index (χ3n) is 2.58. The van der Waals surface area contributed by atoms with Gasteiger partial charge in [-0.2, -0.15) is 4.80 Å². The van der Waals surface area contributed by atoms with Gasteiger partial charge in [0, 0.05) is 13.0 Å². The van der Waals surface area contributed by atoms with Crippen LogP contribution in [0, 0.1) is 5.92 Å². The summed E-state index contributed by atoms with van der Waals surface area (Å²) in [6, 6.07) is -0.0147. The monoisotopic (exact) mass is 242 g/mol. The summed E-state index contributed by atoms with van der Waals surface area (Å²) in [5.74, 6) is 6.62. The summed E-state index contributed by atoms with van der Waals surface area (Å²) in [5.41, 5.74) is 2.78. The lowest BCUT2D eigenvalue weighted by Gasteiger charge is -2.28. The molecule has 1 heterocycles. The van der Waals surface area contributed by atoms with E-state index in [9.17, 15) is 0 Å². The molecule has 0 saturated heterocycles. The predicted octanol–water partition coefficient (Wildman–Crippen LogP) is -0.354. The summed E-state index contributed by atoms with van der Waals surface area (Å²) >= 11 is 0. The van der Waals surface area contributed by atoms with E-state index < -0.39 is 0 Å². The summed E-state index contributed by atoms with van der Waals surface area (Å²) < 4.78 is 5.71. The molecule has 0 fully saturated rings. The summed E-state index contributed by atoms with van der Waals surface area (Å²) in [4.78, 5) is 1.44. The standard InChI is InChI=1S/C10H22N6O/c1-5-17-10(7(2)3)8(12-11)6-9-13-15-16(4)14-9/h7-8,10,12H,5-6,11H2,1-4H3. The van der Waals surface area contributed by atoms with Crippen molar-refractivity contribution in [2.75, 3.05) is 6.61 Å². The molecule has 98 valence electrons. The number of aromatic nitrogens is 4. The Morgan fingerprint density at radius 2 is 2.18 bits per heavy atom. The van der Waals surface area contributed by atoms with Gasteiger partial charge < -0.3 is 4.74 Å². The largest absolute Gasteiger partial charge is 0.377 e. The molecule has 1 rings (SSSR count). The van der Waals surface area contributed by atoms with Crippen LogP contribution >= 0.6 is 0 Å². The fourth-order valence-electron chi connectivity index (χ4n) is 1.84. The molecule has 3 N–H and O–H groups in total. The number of hydrogen-bond donors (Lipinski definition) is 2. The van der Waals surface area contributed by atoms with Crippen LogP contribution < -0.4 is 11.3 Å². The van der Waals surface area contributed by atoms with Crippen LogP contribution in [0.5, 0.6) is 0 Å². The van der Waals surface area contributed by atoms with Crippen LogP contribution in [0.4, 0.5) is 0 Å². The highest BCUT2D eigenvalue weighted by molar-refractivity contribution is 4.89. The molecule has 0 aliphatic rings. The Morgan fingerprint density at radius 1 is 1.47 bits per heavy atom. The molecule has 2 atom stereocenters. The van der Waals surface area contributed by atoms with Crippen molar-refractivity contribution >= 4 is 0 Å². The van der Waals surface area contributed by atoms with Crippen molar-refractivity contribution in [1.29, 1.82) is 0 Å². The Balaban J connectivity index is 2.68. The lowest BCUT2D eigenvalue weighted by atomic mass is 9.97. The molecule has 1 aromatic heterocycles. The number of hydrogen-bond acceptors (Lipinski definition) is 6. The van der Waals surface area contributed by atoms with E-state index in [1.165, 1.54) is 4.80 Å². The van der Waals surface area contributed by atoms with Crippen LogP contribution in [-0.4, -0.2) is 39.0 Å². The first kappa shape index (κ1) is 14.0. The molecule has 1 aromatic rings. The normalized spacial score (nSPS) is 15.2. The number of nitrogens with zero attached hydrogens (tertiary/aromatic N) is 4. The molecule has 0 spiro atoms. The predicted molar refractivity (Wildman–Crippen MR) is 63.9 cm³/mol. The Hall–Kier alpha value is -1.05. The van der Waals surface area contributed by atoms with Gasteiger partial charge in [-0.3, -0.25) is 11.3 Å². The molecule has 0 aliphatic heterocycles. The number of nitrogens with one attached hydrogen (secondary N) is 1. The molecule has 0 amide bonds. The molecule has 0 radical (unpaired) electrons. The second-order valence-corrected chi connectivity index (χ2v) is 4.34. The van der Waals surface area contributed by atoms with Crippen molar-refractivity contribution in [3.63, 3.8) is 0 Å². The SMILES string of the molecule is CCOC(C(C)C)C(Cc1nnn(C)n1)NN. The summed E-state index contributed by atoms with van der Waals surface area (Å²) in [7, 11) is 1.74. The summed E-state index contributed by atoms with van der Waals surface area (Å²) in [6.07, 6.45) is 0.640. The number of tetrazole rings is 1. The van der Waals surface area contributed by atoms with E-state index in [1.807, 2.05) is 6.92 Å². The maximum absolute atomic E-state index is 5.71. The molecule has 0 saturated carbocycles. The van der Waals surface area contributed by atoms with Gasteiger partial charge in [0.1, 0.15) is 0 Å². The molecular formula is C10H22N6O. The zero-order chi connectivity index (χ0) is 12.8. The third-order valence-corrected chi connectivity index (χ3v) is 2.58. The molecule has 0 aliphatic carbocycles. The second-order valence-electron chi connectivity index (χ2n) is 4.34. The van der Waals surface area contributed by atoms with Crippen molar-refractivity contribution in [2.45, 2.75) is 39.3 Å². The van der Waals surface area contributed by atoms with Crippen molar-refractivity contribution in [3.05, 3.63) is 5.82 Å². The zero-order valence-electron chi connectivity index (χ0n) is 10.9. The molecular weight excluding hydrogens is 220 g/mol. The van der Waals surface area contributed by atoms with Gasteiger partial charge in [0.05, 0.1) is 19.2 Å². The lowest BCUT2D eigenvalue weighted by molar-refractivity contribution is 0.00310. The molecule has 2 unspecified atom stereocenters. The van der Waals surface area contributed by atoms with Crippen molar-refractivity contribution in [2.24, 2.45) is 18.8 Å². The smallest absolute Gasteiger partial charge is 0.176 e. The number of nitrogens with two attached hydrogens (primary N) is 1. The van der Waals surface area contributed by atoms with Crippen LogP contribution in [0.15, 0.2) is 0 Å². The highest BCUT2D eigenvalue weighted by Crippen LogP contribution is 2.13. The number of hydrazine groups is 1. The van der Waals surface area contributed by atoms with Crippen molar-refractivity contribution in [1.82, 2.24) is 25.6 Å². The van der Waals surface area contributed by atoms with Gasteiger partial charge in [-0.05, 0) is 18.1 Å². The van der Waals surface area contributed by atoms with E-state index in [-0.39, 0.29) is 12.1 Å². The van der Waals surface area contributed by atoms with Gasteiger partial charge >= 0.3 is 0 Å². The maximum Gasteiger partial charge on any atom is 0.176 e. The lowest BCUT2D eigenvalue weighted by Crippen LogP contribution is -2.49. The Bertz CT molecular complexity index is 326. The Kier molecular flexibility index (Phi) is 5.46. The molecule has 7 nitrogen and oxygen atoms in total. The number of ether oxygens (including phenoxy) is 1. The van der Waals surface area contributed by atoms with Gasteiger partial charge in [-0.25, -0.2) is 0 Å². The first-order chi connectivity index (χ1) is 8.08. The first-order valence-corrected chi connectivity index (χ1v) is 5.89. The maximum atomic E-state index is 5.71. The van der Waals surface area contributed by atoms with Gasteiger partial charge in [0.25, 0.3) is 0 Å². The summed E-state index contributed by atoms with van der Waals surface area (Å²) in [5, 5.41) is 11.9. The second kappa shape index (κ2) is 6.63. The van der Waals surface area contributed by atoms with E-state index in [4.69, 9.17) is 10.6 Å². The first-order valence-electron chi connectivity index (χ1n) is 5.89. The van der Waals surface area contributed by atoms with Crippen molar-refractivity contribution in [3.8, 4) is 0 Å². The van der Waals surface area contributed by atoms with Gasteiger partial charge in [-0.15, -0.1) is 10.2 Å². The van der Waals surface area contributed by atoms with Crippen molar-refractivity contribution < 1.29 is 4.74 Å². The molecule has 0 aromatic carbocycles. The highest BCUT2D eigenvalue weighted by Gasteiger charge is 2.25. The van der Waals surface area contributed by atoms with Gasteiger partial charge in [0.2, 0.25) is 0 Å². The van der Waals surface area contributed by atoms with Gasteiger partial charge in [-0.1, -0.05) is 13.8 Å². The molecule has 7 heteroatoms. The van der Waals surface area contributed by atoms with Crippen LogP contribution in [0.25, 0.3) is 0 Å². The average Bonchev–Trinajstić information content (AvgIpc) is 2.68. The highest BCUT2D eigenvalue weighted by atomic mass is 16.5. The number of aryl methyl sites for hydroxylation is 1. The van der Waals surface area contributed by atoms with Crippen LogP contribution in [0.1, 0.15) is 26.6 Å². The molecule has 0 bridgehead atoms. The quantitative estimate of drug-likeness (QED) is 0.501. The summed E-state index contributed by atoms with van der Waals surface area (Å²) in [6.45, 7) is 6.85. The minimum Gasteiger partial charge on any atom is -0.377 e. The Morgan fingerprint density at radius 3 is 2.59 bits per heavy atom. The Labute approximate surface area is 102 Å². The van der Waals surface area contributed by atoms with E-state index in [2.05, 4.69) is 34.7 Å². The van der Waals surface area contributed by atoms with Crippen LogP contribution in [-0.2, 0) is 18.2 Å². The van der Waals surface area contributed by atoms with Crippen LogP contribution in [0.2, 0.25) is 0 Å². The molecule has 17 heavy (non-hydrogen) atoms. The number of rotatable bonds is 7. The van der Waals surface area contributed by atoms with E-state index in [1.54, 1.807) is 7.05 Å². The minimum atomic E-state index is -0.0147.